The molecule has 0 radical (unpaired) electrons. The monoisotopic (exact) mass is 631 g/mol. The highest BCUT2D eigenvalue weighted by atomic mass is 16.5. The van der Waals surface area contributed by atoms with Crippen LogP contribution in [-0.4, -0.2) is 97.9 Å². The molecule has 11 heteroatoms. The van der Waals surface area contributed by atoms with Crippen molar-refractivity contribution in [3.05, 3.63) is 71.3 Å². The van der Waals surface area contributed by atoms with Crippen LogP contribution < -0.4 is 19.1 Å². The summed E-state index contributed by atoms with van der Waals surface area (Å²) in [6.45, 7) is 4.60. The van der Waals surface area contributed by atoms with Crippen LogP contribution in [0.4, 0.5) is 5.69 Å². The van der Waals surface area contributed by atoms with Crippen LogP contribution in [-0.2, 0) is 22.6 Å². The van der Waals surface area contributed by atoms with E-state index in [4.69, 9.17) is 19.3 Å². The Balaban J connectivity index is 1.44. The van der Waals surface area contributed by atoms with Crippen LogP contribution in [0.25, 0.3) is 11.1 Å². The molecule has 0 aliphatic carbocycles. The molecule has 0 atom stereocenters. The predicted molar refractivity (Wildman–Crippen MR) is 173 cm³/mol. The number of piperazine rings is 1. The van der Waals surface area contributed by atoms with Crippen molar-refractivity contribution < 1.29 is 38.8 Å². The minimum Gasteiger partial charge on any atom is -0.493 e. The molecule has 1 amide bonds. The maximum Gasteiger partial charge on any atom is 0.303 e. The summed E-state index contributed by atoms with van der Waals surface area (Å²) in [5.41, 5.74) is 4.69. The van der Waals surface area contributed by atoms with Crippen LogP contribution in [0.1, 0.15) is 40.7 Å². The van der Waals surface area contributed by atoms with Crippen molar-refractivity contribution in [2.75, 3.05) is 64.9 Å². The van der Waals surface area contributed by atoms with E-state index in [1.165, 1.54) is 0 Å². The summed E-state index contributed by atoms with van der Waals surface area (Å²) in [5.74, 6) is -0.109. The lowest BCUT2D eigenvalue weighted by atomic mass is 10.00. The van der Waals surface area contributed by atoms with Crippen LogP contribution >= 0.6 is 0 Å². The normalized spacial score (nSPS) is 14.7. The third kappa shape index (κ3) is 8.28. The Hall–Kier alpha value is -4.77. The van der Waals surface area contributed by atoms with Crippen molar-refractivity contribution in [2.24, 2.45) is 0 Å². The third-order valence-corrected chi connectivity index (χ3v) is 8.34. The first-order valence-electron chi connectivity index (χ1n) is 15.6. The van der Waals surface area contributed by atoms with Gasteiger partial charge in [-0.15, -0.1) is 0 Å². The number of fused-ring (bicyclic) bond motifs is 1. The first-order valence-corrected chi connectivity index (χ1v) is 15.6. The first kappa shape index (κ1) is 32.6. The number of carbonyl (C=O) groups is 3. The fourth-order valence-electron chi connectivity index (χ4n) is 5.67. The SMILES string of the molecule is CN1CCN(C(=O)c2cc(OCc3cccc(OCCCC(=O)O)c3CCC(=O)O)cc(-c3ccc4c(c3)OCCN4C)c2)CC1. The second kappa shape index (κ2) is 15.0. The number of benzene rings is 3. The molecule has 0 aromatic heterocycles. The van der Waals surface area contributed by atoms with E-state index in [9.17, 15) is 19.5 Å². The number of anilines is 1. The number of carboxylic acid groups (broad SMARTS) is 2. The van der Waals surface area contributed by atoms with Gasteiger partial charge in [0.15, 0.2) is 0 Å². The van der Waals surface area contributed by atoms with E-state index >= 15 is 0 Å². The van der Waals surface area contributed by atoms with E-state index in [1.807, 2.05) is 55.4 Å². The summed E-state index contributed by atoms with van der Waals surface area (Å²) < 4.78 is 18.2. The molecular weight excluding hydrogens is 590 g/mol. The number of amides is 1. The zero-order chi connectivity index (χ0) is 32.6. The third-order valence-electron chi connectivity index (χ3n) is 8.34. The Morgan fingerprint density at radius 2 is 1.63 bits per heavy atom. The molecule has 2 N–H and O–H groups in total. The van der Waals surface area contributed by atoms with Gasteiger partial charge in [0, 0.05) is 57.2 Å². The standard InChI is InChI=1S/C35H41N3O8/c1-36-12-14-38(15-13-36)35(43)27-19-26(24-8-10-30-32(22-24)45-18-16-37(30)2)20-28(21-27)46-23-25-5-3-6-31(29(25)9-11-34(41)42)44-17-4-7-33(39)40/h3,5-6,8,10,19-22H,4,7,9,11-18,23H2,1-2H3,(H,39,40)(H,41,42). The number of likely N-dealkylation sites (N-methyl/N-ethyl adjacent to an activating group) is 2. The van der Waals surface area contributed by atoms with Crippen molar-refractivity contribution in [3.63, 3.8) is 0 Å². The van der Waals surface area contributed by atoms with Crippen molar-refractivity contribution in [3.8, 4) is 28.4 Å². The molecule has 3 aromatic rings. The predicted octanol–water partition coefficient (Wildman–Crippen LogP) is 4.41. The van der Waals surface area contributed by atoms with Crippen molar-refractivity contribution >= 4 is 23.5 Å². The highest BCUT2D eigenvalue weighted by molar-refractivity contribution is 5.96. The molecule has 0 bridgehead atoms. The number of carboxylic acids is 2. The van der Waals surface area contributed by atoms with Crippen LogP contribution in [0.5, 0.6) is 17.2 Å². The summed E-state index contributed by atoms with van der Waals surface area (Å²) in [4.78, 5) is 42.3. The molecule has 244 valence electrons. The molecule has 0 saturated carbocycles. The van der Waals surface area contributed by atoms with E-state index in [1.54, 1.807) is 18.2 Å². The Labute approximate surface area is 268 Å². The quantitative estimate of drug-likeness (QED) is 0.262. The fourth-order valence-corrected chi connectivity index (χ4v) is 5.67. The molecule has 5 rings (SSSR count). The van der Waals surface area contributed by atoms with Crippen LogP contribution in [0.3, 0.4) is 0 Å². The lowest BCUT2D eigenvalue weighted by molar-refractivity contribution is -0.138. The molecule has 3 aromatic carbocycles. The molecule has 0 spiro atoms. The van der Waals surface area contributed by atoms with E-state index < -0.39 is 11.9 Å². The average molecular weight is 632 g/mol. The molecular formula is C35H41N3O8. The van der Waals surface area contributed by atoms with Gasteiger partial charge in [0.1, 0.15) is 30.5 Å². The molecule has 2 aliphatic rings. The van der Waals surface area contributed by atoms with Gasteiger partial charge >= 0.3 is 11.9 Å². The van der Waals surface area contributed by atoms with Crippen molar-refractivity contribution in [1.82, 2.24) is 9.80 Å². The second-order valence-corrected chi connectivity index (χ2v) is 11.7. The maximum atomic E-state index is 13.7. The van der Waals surface area contributed by atoms with Gasteiger partial charge in [-0.25, -0.2) is 0 Å². The maximum absolute atomic E-state index is 13.7. The van der Waals surface area contributed by atoms with Crippen LogP contribution in [0.2, 0.25) is 0 Å². The minimum absolute atomic E-state index is 0.0220. The van der Waals surface area contributed by atoms with E-state index in [0.717, 1.165) is 47.8 Å². The Morgan fingerprint density at radius 1 is 0.848 bits per heavy atom. The lowest BCUT2D eigenvalue weighted by Crippen LogP contribution is -2.47. The first-order chi connectivity index (χ1) is 22.2. The minimum atomic E-state index is -0.937. The van der Waals surface area contributed by atoms with Gasteiger partial charge in [-0.2, -0.15) is 0 Å². The molecule has 11 nitrogen and oxygen atoms in total. The van der Waals surface area contributed by atoms with Gasteiger partial charge in [-0.3, -0.25) is 14.4 Å². The smallest absolute Gasteiger partial charge is 0.303 e. The van der Waals surface area contributed by atoms with Gasteiger partial charge < -0.3 is 39.1 Å². The number of ether oxygens (including phenoxy) is 3. The molecule has 0 unspecified atom stereocenters. The largest absolute Gasteiger partial charge is 0.493 e. The Kier molecular flexibility index (Phi) is 10.6. The molecule has 1 saturated heterocycles. The topological polar surface area (TPSA) is 129 Å². The number of aliphatic carboxylic acids is 2. The molecule has 46 heavy (non-hydrogen) atoms. The number of hydrogen-bond acceptors (Lipinski definition) is 8. The highest BCUT2D eigenvalue weighted by Gasteiger charge is 2.23. The number of rotatable bonds is 13. The Bertz CT molecular complexity index is 1570. The van der Waals surface area contributed by atoms with Gasteiger partial charge in [-0.05, 0) is 73.0 Å². The summed E-state index contributed by atoms with van der Waals surface area (Å²) in [6, 6.07) is 17.0. The zero-order valence-electron chi connectivity index (χ0n) is 26.4. The van der Waals surface area contributed by atoms with E-state index in [2.05, 4.69) is 9.80 Å². The van der Waals surface area contributed by atoms with Crippen LogP contribution in [0, 0.1) is 0 Å². The van der Waals surface area contributed by atoms with Crippen LogP contribution in [0.15, 0.2) is 54.6 Å². The van der Waals surface area contributed by atoms with Gasteiger partial charge in [0.25, 0.3) is 5.91 Å². The zero-order valence-corrected chi connectivity index (χ0v) is 26.4. The molecule has 2 aliphatic heterocycles. The Morgan fingerprint density at radius 3 is 2.39 bits per heavy atom. The summed E-state index contributed by atoms with van der Waals surface area (Å²) in [6.07, 6.45) is 0.429. The van der Waals surface area contributed by atoms with Gasteiger partial charge in [0.2, 0.25) is 0 Å². The van der Waals surface area contributed by atoms with Crippen molar-refractivity contribution in [1.29, 1.82) is 0 Å². The van der Waals surface area contributed by atoms with Gasteiger partial charge in [0.05, 0.1) is 18.8 Å². The van der Waals surface area contributed by atoms with Gasteiger partial charge in [-0.1, -0.05) is 18.2 Å². The van der Waals surface area contributed by atoms with E-state index in [-0.39, 0.29) is 38.4 Å². The lowest BCUT2D eigenvalue weighted by Gasteiger charge is -2.32. The van der Waals surface area contributed by atoms with E-state index in [0.29, 0.717) is 48.7 Å². The molecule has 2 heterocycles. The number of carbonyl (C=O) groups excluding carboxylic acids is 1. The van der Waals surface area contributed by atoms with Crippen molar-refractivity contribution in [2.45, 2.75) is 32.3 Å². The fraction of sp³-hybridized carbons (Fsp3) is 0.400. The summed E-state index contributed by atoms with van der Waals surface area (Å²) in [5, 5.41) is 18.3. The highest BCUT2D eigenvalue weighted by Crippen LogP contribution is 2.37. The second-order valence-electron chi connectivity index (χ2n) is 11.7. The number of nitrogens with zero attached hydrogens (tertiary/aromatic N) is 3. The molecule has 1 fully saturated rings. The summed E-state index contributed by atoms with van der Waals surface area (Å²) in [7, 11) is 4.08. The average Bonchev–Trinajstić information content (AvgIpc) is 3.05. The number of hydrogen-bond donors (Lipinski definition) is 2. The summed E-state index contributed by atoms with van der Waals surface area (Å²) >= 11 is 0.